The van der Waals surface area contributed by atoms with E-state index in [1.54, 1.807) is 0 Å². The van der Waals surface area contributed by atoms with Gasteiger partial charge in [0.2, 0.25) is 0 Å². The standard InChI is InChI=1S/C23H41N7/c1-5-28-13-15-29(16-14-28)21-17-20(9-10-25-21)18-26-22(24-4)27-19-23(2,3)30-11-7-6-8-12-30/h9-10,17H,5-8,11-16,18-19H2,1-4H3,(H2,24,26,27). The first-order chi connectivity index (χ1) is 14.5. The summed E-state index contributed by atoms with van der Waals surface area (Å²) in [5.41, 5.74) is 1.36. The van der Waals surface area contributed by atoms with Crippen molar-refractivity contribution in [1.29, 1.82) is 0 Å². The topological polar surface area (TPSA) is 59.0 Å². The van der Waals surface area contributed by atoms with Crippen molar-refractivity contribution in [3.8, 4) is 0 Å². The third kappa shape index (κ3) is 6.32. The van der Waals surface area contributed by atoms with Gasteiger partial charge in [-0.2, -0.15) is 0 Å². The first-order valence-electron chi connectivity index (χ1n) is 11.6. The fourth-order valence-corrected chi connectivity index (χ4v) is 4.35. The van der Waals surface area contributed by atoms with Crippen molar-refractivity contribution in [2.45, 2.75) is 52.1 Å². The molecule has 2 fully saturated rings. The summed E-state index contributed by atoms with van der Waals surface area (Å²) in [5.74, 6) is 1.94. The quantitative estimate of drug-likeness (QED) is 0.526. The van der Waals surface area contributed by atoms with Crippen molar-refractivity contribution in [3.05, 3.63) is 23.9 Å². The number of hydrogen-bond acceptors (Lipinski definition) is 5. The number of rotatable bonds is 7. The van der Waals surface area contributed by atoms with E-state index in [9.17, 15) is 0 Å². The van der Waals surface area contributed by atoms with Gasteiger partial charge in [-0.25, -0.2) is 4.98 Å². The molecule has 0 aromatic carbocycles. The number of guanidine groups is 1. The van der Waals surface area contributed by atoms with Crippen molar-refractivity contribution in [3.63, 3.8) is 0 Å². The van der Waals surface area contributed by atoms with E-state index in [4.69, 9.17) is 0 Å². The summed E-state index contributed by atoms with van der Waals surface area (Å²) in [4.78, 5) is 16.5. The van der Waals surface area contributed by atoms with Crippen LogP contribution in [0.15, 0.2) is 23.3 Å². The lowest BCUT2D eigenvalue weighted by Crippen LogP contribution is -2.54. The first-order valence-corrected chi connectivity index (χ1v) is 11.6. The van der Waals surface area contributed by atoms with Crippen LogP contribution in [0.1, 0.15) is 45.6 Å². The summed E-state index contributed by atoms with van der Waals surface area (Å²) in [5, 5.41) is 7.01. The molecule has 0 spiro atoms. The van der Waals surface area contributed by atoms with E-state index in [-0.39, 0.29) is 5.54 Å². The van der Waals surface area contributed by atoms with Crippen molar-refractivity contribution in [2.75, 3.05) is 64.3 Å². The summed E-state index contributed by atoms with van der Waals surface area (Å²) in [7, 11) is 1.84. The molecule has 0 unspecified atom stereocenters. The second-order valence-corrected chi connectivity index (χ2v) is 9.08. The molecule has 0 aliphatic carbocycles. The van der Waals surface area contributed by atoms with Crippen molar-refractivity contribution in [1.82, 2.24) is 25.4 Å². The maximum absolute atomic E-state index is 4.61. The maximum atomic E-state index is 4.61. The average molecular weight is 416 g/mol. The monoisotopic (exact) mass is 415 g/mol. The highest BCUT2D eigenvalue weighted by molar-refractivity contribution is 5.79. The van der Waals surface area contributed by atoms with Crippen molar-refractivity contribution >= 4 is 11.8 Å². The van der Waals surface area contributed by atoms with Gasteiger partial charge in [-0.05, 0) is 64.0 Å². The van der Waals surface area contributed by atoms with Crippen LogP contribution in [0.25, 0.3) is 0 Å². The van der Waals surface area contributed by atoms with Crippen LogP contribution in [-0.4, -0.2) is 85.7 Å². The van der Waals surface area contributed by atoms with Crippen LogP contribution in [0.4, 0.5) is 5.82 Å². The number of nitrogens with zero attached hydrogens (tertiary/aromatic N) is 5. The number of nitrogens with one attached hydrogen (secondary N) is 2. The number of hydrogen-bond donors (Lipinski definition) is 2. The van der Waals surface area contributed by atoms with E-state index in [1.165, 1.54) is 37.9 Å². The smallest absolute Gasteiger partial charge is 0.191 e. The highest BCUT2D eigenvalue weighted by atomic mass is 15.3. The van der Waals surface area contributed by atoms with E-state index >= 15 is 0 Å². The molecule has 7 heteroatoms. The number of piperazine rings is 1. The molecule has 1 aromatic rings. The van der Waals surface area contributed by atoms with Crippen LogP contribution in [0.5, 0.6) is 0 Å². The van der Waals surface area contributed by atoms with Crippen LogP contribution in [0, 0.1) is 0 Å². The Hall–Kier alpha value is -1.86. The van der Waals surface area contributed by atoms with E-state index in [1.807, 2.05) is 13.2 Å². The molecule has 3 heterocycles. The molecular formula is C23H41N7. The average Bonchev–Trinajstić information content (AvgIpc) is 2.80. The van der Waals surface area contributed by atoms with Crippen LogP contribution >= 0.6 is 0 Å². The fraction of sp³-hybridized carbons (Fsp3) is 0.739. The summed E-state index contributed by atoms with van der Waals surface area (Å²) < 4.78 is 0. The molecule has 0 saturated carbocycles. The molecular weight excluding hydrogens is 374 g/mol. The zero-order valence-corrected chi connectivity index (χ0v) is 19.5. The Morgan fingerprint density at radius 3 is 2.47 bits per heavy atom. The third-order valence-corrected chi connectivity index (χ3v) is 6.54. The van der Waals surface area contributed by atoms with Gasteiger partial charge < -0.3 is 20.4 Å². The SMILES string of the molecule is CCN1CCN(c2cc(CNC(=NC)NCC(C)(C)N3CCCCC3)ccn2)CC1. The normalized spacial score (nSPS) is 19.7. The minimum Gasteiger partial charge on any atom is -0.355 e. The number of aliphatic imine (C=N–C) groups is 1. The Labute approximate surface area is 182 Å². The molecule has 2 N–H and O–H groups in total. The molecule has 2 aliphatic heterocycles. The molecule has 2 aliphatic rings. The van der Waals surface area contributed by atoms with Crippen LogP contribution in [0.3, 0.4) is 0 Å². The summed E-state index contributed by atoms with van der Waals surface area (Å²) in [6.45, 7) is 16.4. The van der Waals surface area contributed by atoms with Gasteiger partial charge in [0.15, 0.2) is 5.96 Å². The highest BCUT2D eigenvalue weighted by Gasteiger charge is 2.27. The van der Waals surface area contributed by atoms with Gasteiger partial charge in [-0.15, -0.1) is 0 Å². The Balaban J connectivity index is 1.49. The van der Waals surface area contributed by atoms with Crippen molar-refractivity contribution < 1.29 is 0 Å². The summed E-state index contributed by atoms with van der Waals surface area (Å²) in [6, 6.07) is 4.29. The predicted octanol–water partition coefficient (Wildman–Crippen LogP) is 2.15. The third-order valence-electron chi connectivity index (χ3n) is 6.54. The number of likely N-dealkylation sites (tertiary alicyclic amines) is 1. The van der Waals surface area contributed by atoms with E-state index in [2.05, 4.69) is 68.2 Å². The predicted molar refractivity (Wildman–Crippen MR) is 126 cm³/mol. The zero-order chi connectivity index (χ0) is 21.4. The van der Waals surface area contributed by atoms with Gasteiger partial charge in [-0.1, -0.05) is 13.3 Å². The van der Waals surface area contributed by atoms with Crippen LogP contribution in [0.2, 0.25) is 0 Å². The van der Waals surface area contributed by atoms with Gasteiger partial charge in [0.25, 0.3) is 0 Å². The molecule has 30 heavy (non-hydrogen) atoms. The molecule has 168 valence electrons. The molecule has 0 atom stereocenters. The van der Waals surface area contributed by atoms with E-state index in [0.717, 1.165) is 57.6 Å². The van der Waals surface area contributed by atoms with Gasteiger partial charge in [0.05, 0.1) is 0 Å². The number of likely N-dealkylation sites (N-methyl/N-ethyl adjacent to an activating group) is 1. The Kier molecular flexibility index (Phi) is 8.33. The molecule has 0 bridgehead atoms. The maximum Gasteiger partial charge on any atom is 0.191 e. The second kappa shape index (κ2) is 11.0. The zero-order valence-electron chi connectivity index (χ0n) is 19.5. The Bertz CT molecular complexity index is 674. The highest BCUT2D eigenvalue weighted by Crippen LogP contribution is 2.20. The minimum absolute atomic E-state index is 0.127. The number of anilines is 1. The van der Waals surface area contributed by atoms with Crippen LogP contribution < -0.4 is 15.5 Å². The van der Waals surface area contributed by atoms with Crippen LogP contribution in [-0.2, 0) is 6.54 Å². The molecule has 7 nitrogen and oxygen atoms in total. The fourth-order valence-electron chi connectivity index (χ4n) is 4.35. The number of piperidine rings is 1. The van der Waals surface area contributed by atoms with Gasteiger partial charge in [0, 0.05) is 58.1 Å². The lowest BCUT2D eigenvalue weighted by Gasteiger charge is -2.41. The lowest BCUT2D eigenvalue weighted by atomic mass is 9.98. The van der Waals surface area contributed by atoms with Crippen molar-refractivity contribution in [2.24, 2.45) is 4.99 Å². The molecule has 0 amide bonds. The largest absolute Gasteiger partial charge is 0.355 e. The minimum atomic E-state index is 0.127. The summed E-state index contributed by atoms with van der Waals surface area (Å²) >= 11 is 0. The molecule has 3 rings (SSSR count). The second-order valence-electron chi connectivity index (χ2n) is 9.08. The Morgan fingerprint density at radius 2 is 1.80 bits per heavy atom. The molecule has 2 saturated heterocycles. The van der Waals surface area contributed by atoms with Gasteiger partial charge in [-0.3, -0.25) is 9.89 Å². The van der Waals surface area contributed by atoms with Gasteiger partial charge >= 0.3 is 0 Å². The molecule has 0 radical (unpaired) electrons. The van der Waals surface area contributed by atoms with E-state index in [0.29, 0.717) is 0 Å². The van der Waals surface area contributed by atoms with E-state index < -0.39 is 0 Å². The first kappa shape index (κ1) is 22.8. The lowest BCUT2D eigenvalue weighted by molar-refractivity contribution is 0.0982. The van der Waals surface area contributed by atoms with Gasteiger partial charge in [0.1, 0.15) is 5.82 Å². The Morgan fingerprint density at radius 1 is 1.07 bits per heavy atom. The number of pyridine rings is 1. The molecule has 1 aromatic heterocycles. The number of aromatic nitrogens is 1. The summed E-state index contributed by atoms with van der Waals surface area (Å²) in [6.07, 6.45) is 5.92.